The van der Waals surface area contributed by atoms with Gasteiger partial charge in [-0.25, -0.2) is 5.48 Å². The van der Waals surface area contributed by atoms with Crippen molar-refractivity contribution in [2.45, 2.75) is 32.1 Å². The summed E-state index contributed by atoms with van der Waals surface area (Å²) in [6.45, 7) is 4.61. The van der Waals surface area contributed by atoms with E-state index < -0.39 is 5.41 Å². The molecule has 4 heteroatoms. The van der Waals surface area contributed by atoms with Crippen LogP contribution in [-0.4, -0.2) is 12.5 Å². The molecule has 1 fully saturated rings. The molecule has 1 aromatic carbocycles. The molecule has 1 saturated carbocycles. The Hall–Kier alpha value is -1.06. The fourth-order valence-electron chi connectivity index (χ4n) is 1.91. The molecule has 1 aliphatic rings. The third-order valence-electron chi connectivity index (χ3n) is 3.16. The van der Waals surface area contributed by atoms with E-state index >= 15 is 0 Å². The first-order valence-corrected chi connectivity index (χ1v) is 6.61. The smallest absolute Gasteiger partial charge is 0.254 e. The van der Waals surface area contributed by atoms with Gasteiger partial charge in [-0.05, 0) is 36.5 Å². The van der Waals surface area contributed by atoms with Gasteiger partial charge in [0.2, 0.25) is 0 Å². The second-order valence-corrected chi connectivity index (χ2v) is 5.66. The molecule has 2 rings (SSSR count). The predicted octanol–water partition coefficient (Wildman–Crippen LogP) is 3.08. The highest BCUT2D eigenvalue weighted by Crippen LogP contribution is 2.48. The summed E-state index contributed by atoms with van der Waals surface area (Å²) in [5.41, 5.74) is 3.17. The summed E-state index contributed by atoms with van der Waals surface area (Å²) in [4.78, 5) is 17.3. The Morgan fingerprint density at radius 3 is 2.50 bits per heavy atom. The number of amides is 1. The number of halogens is 1. The monoisotopic (exact) mass is 267 g/mol. The second-order valence-electron chi connectivity index (χ2n) is 5.23. The van der Waals surface area contributed by atoms with Crippen molar-refractivity contribution in [3.8, 4) is 0 Å². The predicted molar refractivity (Wildman–Crippen MR) is 71.3 cm³/mol. The van der Waals surface area contributed by atoms with Crippen molar-refractivity contribution in [2.24, 2.45) is 5.92 Å². The van der Waals surface area contributed by atoms with E-state index in [1.54, 1.807) is 0 Å². The van der Waals surface area contributed by atoms with Crippen LogP contribution in [-0.2, 0) is 15.0 Å². The summed E-state index contributed by atoms with van der Waals surface area (Å²) in [7, 11) is 0. The minimum absolute atomic E-state index is 0.0505. The van der Waals surface area contributed by atoms with E-state index in [4.69, 9.17) is 16.4 Å². The third kappa shape index (κ3) is 2.85. The van der Waals surface area contributed by atoms with Gasteiger partial charge in [0.25, 0.3) is 5.91 Å². The number of hydrogen-bond donors (Lipinski definition) is 1. The lowest BCUT2D eigenvalue weighted by Gasteiger charge is -2.16. The molecule has 1 N–H and O–H groups in total. The maximum Gasteiger partial charge on any atom is 0.254 e. The fraction of sp³-hybridized carbons (Fsp3) is 0.500. The standard InChI is InChI=1S/C14H18ClNO2/c1-10(2)9-18-16-13(17)14(7-8-14)11-3-5-12(15)6-4-11/h3-6,10H,7-9H2,1-2H3,(H,16,17). The Kier molecular flexibility index (Phi) is 3.93. The van der Waals surface area contributed by atoms with Crippen LogP contribution in [0.1, 0.15) is 32.3 Å². The SMILES string of the molecule is CC(C)CONC(=O)C1(c2ccc(Cl)cc2)CC1. The molecule has 3 nitrogen and oxygen atoms in total. The zero-order chi connectivity index (χ0) is 13.2. The molecule has 0 bridgehead atoms. The molecule has 1 aliphatic carbocycles. The normalized spacial score (nSPS) is 16.7. The van der Waals surface area contributed by atoms with Gasteiger partial charge >= 0.3 is 0 Å². The molecular formula is C14H18ClNO2. The second kappa shape index (κ2) is 5.29. The number of rotatable bonds is 5. The van der Waals surface area contributed by atoms with Gasteiger partial charge in [0.15, 0.2) is 0 Å². The first-order valence-electron chi connectivity index (χ1n) is 6.23. The van der Waals surface area contributed by atoms with Gasteiger partial charge in [-0.2, -0.15) is 0 Å². The Bertz CT molecular complexity index is 424. The highest BCUT2D eigenvalue weighted by Gasteiger charge is 2.51. The number of carbonyl (C=O) groups excluding carboxylic acids is 1. The zero-order valence-corrected chi connectivity index (χ0v) is 11.5. The van der Waals surface area contributed by atoms with Crippen LogP contribution in [0.25, 0.3) is 0 Å². The quantitative estimate of drug-likeness (QED) is 0.833. The fourth-order valence-corrected chi connectivity index (χ4v) is 2.04. The lowest BCUT2D eigenvalue weighted by Crippen LogP contribution is -2.35. The molecule has 1 aromatic rings. The third-order valence-corrected chi connectivity index (χ3v) is 3.41. The van der Waals surface area contributed by atoms with Gasteiger partial charge in [0, 0.05) is 5.02 Å². The summed E-state index contributed by atoms with van der Waals surface area (Å²) in [5.74, 6) is 0.349. The highest BCUT2D eigenvalue weighted by molar-refractivity contribution is 6.30. The minimum atomic E-state index is -0.401. The summed E-state index contributed by atoms with van der Waals surface area (Å²) in [6, 6.07) is 7.47. The van der Waals surface area contributed by atoms with E-state index in [0.29, 0.717) is 17.5 Å². The van der Waals surface area contributed by atoms with Crippen molar-refractivity contribution in [1.29, 1.82) is 0 Å². The molecule has 1 amide bonds. The molecular weight excluding hydrogens is 250 g/mol. The van der Waals surface area contributed by atoms with Gasteiger partial charge in [-0.1, -0.05) is 37.6 Å². The van der Waals surface area contributed by atoms with E-state index in [-0.39, 0.29) is 5.91 Å². The van der Waals surface area contributed by atoms with Crippen molar-refractivity contribution in [3.63, 3.8) is 0 Å². The maximum atomic E-state index is 12.1. The maximum absolute atomic E-state index is 12.1. The zero-order valence-electron chi connectivity index (χ0n) is 10.7. The number of hydroxylamine groups is 1. The molecule has 0 aliphatic heterocycles. The molecule has 0 heterocycles. The van der Waals surface area contributed by atoms with Gasteiger partial charge in [0.1, 0.15) is 0 Å². The summed E-state index contributed by atoms with van der Waals surface area (Å²) in [5, 5.41) is 0.686. The molecule has 0 spiro atoms. The first kappa shape index (κ1) is 13.4. The molecule has 0 atom stereocenters. The minimum Gasteiger partial charge on any atom is -0.273 e. The Balaban J connectivity index is 1.98. The van der Waals surface area contributed by atoms with E-state index in [1.807, 2.05) is 38.1 Å². The number of benzene rings is 1. The van der Waals surface area contributed by atoms with E-state index in [2.05, 4.69) is 5.48 Å². The van der Waals surface area contributed by atoms with E-state index in [1.165, 1.54) is 0 Å². The van der Waals surface area contributed by atoms with Crippen molar-refractivity contribution in [3.05, 3.63) is 34.9 Å². The number of nitrogens with one attached hydrogen (secondary N) is 1. The van der Waals surface area contributed by atoms with Crippen LogP contribution < -0.4 is 5.48 Å². The van der Waals surface area contributed by atoms with Gasteiger partial charge in [-0.3, -0.25) is 9.63 Å². The van der Waals surface area contributed by atoms with Gasteiger partial charge < -0.3 is 0 Å². The topological polar surface area (TPSA) is 38.3 Å². The van der Waals surface area contributed by atoms with Crippen LogP contribution in [0.15, 0.2) is 24.3 Å². The van der Waals surface area contributed by atoms with Crippen LogP contribution in [0.2, 0.25) is 5.02 Å². The molecule has 0 aromatic heterocycles. The first-order chi connectivity index (χ1) is 8.54. The van der Waals surface area contributed by atoms with Crippen LogP contribution >= 0.6 is 11.6 Å². The summed E-state index contributed by atoms with van der Waals surface area (Å²) >= 11 is 5.85. The lowest BCUT2D eigenvalue weighted by molar-refractivity contribution is -0.137. The Labute approximate surface area is 112 Å². The summed E-state index contributed by atoms with van der Waals surface area (Å²) in [6.07, 6.45) is 1.73. The van der Waals surface area contributed by atoms with Crippen LogP contribution in [0.3, 0.4) is 0 Å². The van der Waals surface area contributed by atoms with E-state index in [9.17, 15) is 4.79 Å². The Morgan fingerprint density at radius 1 is 1.39 bits per heavy atom. The molecule has 98 valence electrons. The largest absolute Gasteiger partial charge is 0.273 e. The van der Waals surface area contributed by atoms with Gasteiger partial charge in [-0.15, -0.1) is 0 Å². The Morgan fingerprint density at radius 2 is 2.00 bits per heavy atom. The van der Waals surface area contributed by atoms with Crippen molar-refractivity contribution in [2.75, 3.05) is 6.61 Å². The summed E-state index contributed by atoms with van der Waals surface area (Å²) < 4.78 is 0. The molecule has 0 unspecified atom stereocenters. The number of carbonyl (C=O) groups is 1. The van der Waals surface area contributed by atoms with Crippen LogP contribution in [0.5, 0.6) is 0 Å². The molecule has 18 heavy (non-hydrogen) atoms. The van der Waals surface area contributed by atoms with Crippen molar-refractivity contribution < 1.29 is 9.63 Å². The molecule has 0 saturated heterocycles. The average Bonchev–Trinajstić information content (AvgIpc) is 3.10. The number of hydrogen-bond acceptors (Lipinski definition) is 2. The van der Waals surface area contributed by atoms with Crippen molar-refractivity contribution in [1.82, 2.24) is 5.48 Å². The van der Waals surface area contributed by atoms with Crippen LogP contribution in [0.4, 0.5) is 0 Å². The highest BCUT2D eigenvalue weighted by atomic mass is 35.5. The lowest BCUT2D eigenvalue weighted by atomic mass is 9.95. The average molecular weight is 268 g/mol. The van der Waals surface area contributed by atoms with Crippen LogP contribution in [0, 0.1) is 5.92 Å². The van der Waals surface area contributed by atoms with Gasteiger partial charge in [0.05, 0.1) is 12.0 Å². The van der Waals surface area contributed by atoms with Crippen molar-refractivity contribution >= 4 is 17.5 Å². The van der Waals surface area contributed by atoms with E-state index in [0.717, 1.165) is 18.4 Å². The molecule has 0 radical (unpaired) electrons.